The topological polar surface area (TPSA) is 138 Å². The number of carbonyl (C=O) groups is 1. The summed E-state index contributed by atoms with van der Waals surface area (Å²) < 4.78 is 5.21. The molecule has 4 rings (SSSR count). The molecule has 0 unspecified atom stereocenters. The number of nitrogens with zero attached hydrogens (tertiary/aromatic N) is 3. The number of hydrogen-bond acceptors (Lipinski definition) is 8. The zero-order valence-corrected chi connectivity index (χ0v) is 18.4. The highest BCUT2D eigenvalue weighted by Crippen LogP contribution is 2.40. The third kappa shape index (κ3) is 4.74. The average molecular weight is 476 g/mol. The number of benzene rings is 3. The van der Waals surface area contributed by atoms with E-state index in [9.17, 15) is 25.0 Å². The van der Waals surface area contributed by atoms with Crippen LogP contribution in [0, 0.1) is 20.2 Å². The highest BCUT2D eigenvalue weighted by Gasteiger charge is 2.19. The SMILES string of the molecule is COc1ccc(-c2sc(NC(=O)c3cccc([N+](=O)[O-])c3)nc2-c2ccc([N+](=O)[O-])cc2)cc1. The van der Waals surface area contributed by atoms with E-state index in [1.807, 2.05) is 12.1 Å². The largest absolute Gasteiger partial charge is 0.497 e. The van der Waals surface area contributed by atoms with Crippen molar-refractivity contribution < 1.29 is 19.4 Å². The van der Waals surface area contributed by atoms with Gasteiger partial charge in [-0.15, -0.1) is 0 Å². The van der Waals surface area contributed by atoms with Gasteiger partial charge < -0.3 is 4.74 Å². The molecule has 0 atom stereocenters. The first-order chi connectivity index (χ1) is 16.4. The number of amides is 1. The van der Waals surface area contributed by atoms with Crippen molar-refractivity contribution >= 4 is 33.8 Å². The van der Waals surface area contributed by atoms with Crippen molar-refractivity contribution in [3.63, 3.8) is 0 Å². The molecule has 1 aromatic heterocycles. The smallest absolute Gasteiger partial charge is 0.270 e. The molecule has 0 radical (unpaired) electrons. The Bertz CT molecular complexity index is 1380. The molecule has 170 valence electrons. The minimum Gasteiger partial charge on any atom is -0.497 e. The van der Waals surface area contributed by atoms with Crippen LogP contribution in [0.1, 0.15) is 10.4 Å². The summed E-state index contributed by atoms with van der Waals surface area (Å²) >= 11 is 1.21. The molecular formula is C23H16N4O6S. The van der Waals surface area contributed by atoms with Crippen LogP contribution in [0.5, 0.6) is 5.75 Å². The molecule has 11 heteroatoms. The Morgan fingerprint density at radius 3 is 2.18 bits per heavy atom. The predicted octanol–water partition coefficient (Wildman–Crippen LogP) is 5.55. The minimum absolute atomic E-state index is 0.0517. The molecule has 1 N–H and O–H groups in total. The molecule has 0 aliphatic heterocycles. The quantitative estimate of drug-likeness (QED) is 0.272. The highest BCUT2D eigenvalue weighted by atomic mass is 32.1. The normalized spacial score (nSPS) is 10.5. The number of nitrogens with one attached hydrogen (secondary N) is 1. The molecule has 0 aliphatic carbocycles. The third-order valence-electron chi connectivity index (χ3n) is 4.87. The lowest BCUT2D eigenvalue weighted by atomic mass is 10.1. The van der Waals surface area contributed by atoms with Crippen molar-refractivity contribution in [2.45, 2.75) is 0 Å². The van der Waals surface area contributed by atoms with E-state index in [1.165, 1.54) is 47.7 Å². The number of methoxy groups -OCH3 is 1. The molecule has 4 aromatic rings. The van der Waals surface area contributed by atoms with Gasteiger partial charge in [-0.3, -0.25) is 30.3 Å². The van der Waals surface area contributed by atoms with Gasteiger partial charge in [0.1, 0.15) is 5.75 Å². The van der Waals surface area contributed by atoms with E-state index in [4.69, 9.17) is 4.74 Å². The monoisotopic (exact) mass is 476 g/mol. The van der Waals surface area contributed by atoms with Gasteiger partial charge >= 0.3 is 0 Å². The number of ether oxygens (including phenoxy) is 1. The van der Waals surface area contributed by atoms with Crippen LogP contribution in [0.4, 0.5) is 16.5 Å². The van der Waals surface area contributed by atoms with Crippen LogP contribution >= 0.6 is 11.3 Å². The lowest BCUT2D eigenvalue weighted by Gasteiger charge is -2.04. The molecule has 1 amide bonds. The summed E-state index contributed by atoms with van der Waals surface area (Å²) in [6, 6.07) is 18.6. The van der Waals surface area contributed by atoms with Crippen LogP contribution in [0.3, 0.4) is 0 Å². The number of hydrogen-bond donors (Lipinski definition) is 1. The van der Waals surface area contributed by atoms with E-state index in [0.717, 1.165) is 10.4 Å². The minimum atomic E-state index is -0.575. The number of nitro groups is 2. The molecular weight excluding hydrogens is 460 g/mol. The van der Waals surface area contributed by atoms with Crippen molar-refractivity contribution in [2.24, 2.45) is 0 Å². The van der Waals surface area contributed by atoms with Crippen molar-refractivity contribution in [2.75, 3.05) is 12.4 Å². The van der Waals surface area contributed by atoms with E-state index in [-0.39, 0.29) is 22.1 Å². The Labute approximate surface area is 196 Å². The van der Waals surface area contributed by atoms with Crippen LogP contribution in [0.2, 0.25) is 0 Å². The maximum absolute atomic E-state index is 12.7. The van der Waals surface area contributed by atoms with Crippen molar-refractivity contribution in [1.29, 1.82) is 0 Å². The summed E-state index contributed by atoms with van der Waals surface area (Å²) in [7, 11) is 1.56. The molecule has 1 heterocycles. The standard InChI is InChI=1S/C23H16N4O6S/c1-33-19-11-7-15(8-12-19)21-20(14-5-9-17(10-6-14)26(29)30)24-23(34-21)25-22(28)16-3-2-4-18(13-16)27(31)32/h2-13H,1H3,(H,24,25,28). The summed E-state index contributed by atoms with van der Waals surface area (Å²) in [4.78, 5) is 39.0. The van der Waals surface area contributed by atoms with E-state index in [2.05, 4.69) is 10.3 Å². The van der Waals surface area contributed by atoms with Gasteiger partial charge in [-0.2, -0.15) is 0 Å². The number of carbonyl (C=O) groups excluding carboxylic acids is 1. The second-order valence-corrected chi connectivity index (χ2v) is 7.99. The van der Waals surface area contributed by atoms with Crippen LogP contribution in [-0.4, -0.2) is 27.8 Å². The lowest BCUT2D eigenvalue weighted by Crippen LogP contribution is -2.11. The number of aromatic nitrogens is 1. The Morgan fingerprint density at radius 1 is 0.912 bits per heavy atom. The van der Waals surface area contributed by atoms with Crippen molar-refractivity contribution in [3.05, 3.63) is 98.6 Å². The zero-order valence-electron chi connectivity index (χ0n) is 17.6. The fourth-order valence-corrected chi connectivity index (χ4v) is 4.17. The molecule has 0 aliphatic rings. The number of nitro benzene ring substituents is 2. The molecule has 3 aromatic carbocycles. The van der Waals surface area contributed by atoms with Gasteiger partial charge in [0.2, 0.25) is 0 Å². The van der Waals surface area contributed by atoms with Gasteiger partial charge in [0.15, 0.2) is 5.13 Å². The number of thiazole rings is 1. The Balaban J connectivity index is 1.72. The molecule has 0 saturated heterocycles. The summed E-state index contributed by atoms with van der Waals surface area (Å²) in [5.41, 5.74) is 1.83. The van der Waals surface area contributed by atoms with E-state index < -0.39 is 15.8 Å². The van der Waals surface area contributed by atoms with Gasteiger partial charge in [-0.05, 0) is 48.0 Å². The second-order valence-electron chi connectivity index (χ2n) is 6.99. The van der Waals surface area contributed by atoms with E-state index in [1.54, 1.807) is 31.4 Å². The first kappa shape index (κ1) is 22.6. The van der Waals surface area contributed by atoms with Crippen molar-refractivity contribution in [3.8, 4) is 27.4 Å². The maximum atomic E-state index is 12.7. The Morgan fingerprint density at radius 2 is 1.56 bits per heavy atom. The third-order valence-corrected chi connectivity index (χ3v) is 5.89. The summed E-state index contributed by atoms with van der Waals surface area (Å²) in [6.45, 7) is 0. The first-order valence-corrected chi connectivity index (χ1v) is 10.6. The van der Waals surface area contributed by atoms with Crippen LogP contribution in [0.15, 0.2) is 72.8 Å². The van der Waals surface area contributed by atoms with Crippen molar-refractivity contribution in [1.82, 2.24) is 4.98 Å². The van der Waals surface area contributed by atoms with Gasteiger partial charge in [0.05, 0.1) is 27.5 Å². The van der Waals surface area contributed by atoms with Crippen LogP contribution in [-0.2, 0) is 0 Å². The predicted molar refractivity (Wildman–Crippen MR) is 127 cm³/mol. The Hall–Kier alpha value is -4.64. The second kappa shape index (κ2) is 9.46. The number of non-ortho nitro benzene ring substituents is 2. The molecule has 10 nitrogen and oxygen atoms in total. The average Bonchev–Trinajstić information content (AvgIpc) is 3.27. The first-order valence-electron chi connectivity index (χ1n) is 9.81. The van der Waals surface area contributed by atoms with E-state index >= 15 is 0 Å². The van der Waals surface area contributed by atoms with Gasteiger partial charge in [0.25, 0.3) is 17.3 Å². The number of anilines is 1. The molecule has 0 bridgehead atoms. The molecule has 34 heavy (non-hydrogen) atoms. The molecule has 0 saturated carbocycles. The van der Waals surface area contributed by atoms with E-state index in [0.29, 0.717) is 17.0 Å². The Kier molecular flexibility index (Phi) is 6.28. The number of rotatable bonds is 7. The summed E-state index contributed by atoms with van der Waals surface area (Å²) in [5, 5.41) is 25.0. The van der Waals surface area contributed by atoms with Crippen LogP contribution in [0.25, 0.3) is 21.7 Å². The van der Waals surface area contributed by atoms with Gasteiger partial charge in [0, 0.05) is 35.4 Å². The molecule has 0 spiro atoms. The fraction of sp³-hybridized carbons (Fsp3) is 0.0435. The van der Waals surface area contributed by atoms with Gasteiger partial charge in [-0.1, -0.05) is 17.4 Å². The summed E-state index contributed by atoms with van der Waals surface area (Å²) in [5.74, 6) is 0.123. The highest BCUT2D eigenvalue weighted by molar-refractivity contribution is 7.19. The molecule has 0 fully saturated rings. The summed E-state index contributed by atoms with van der Waals surface area (Å²) in [6.07, 6.45) is 0. The zero-order chi connectivity index (χ0) is 24.2. The fourth-order valence-electron chi connectivity index (χ4n) is 3.18. The maximum Gasteiger partial charge on any atom is 0.270 e. The van der Waals surface area contributed by atoms with Gasteiger partial charge in [-0.25, -0.2) is 4.98 Å². The lowest BCUT2D eigenvalue weighted by molar-refractivity contribution is -0.385. The van der Waals surface area contributed by atoms with Crippen LogP contribution < -0.4 is 10.1 Å².